The molecule has 2 aromatic rings. The fraction of sp³-hybridized carbons (Fsp3) is 0.188. The van der Waals surface area contributed by atoms with Crippen molar-refractivity contribution in [3.8, 4) is 5.75 Å². The van der Waals surface area contributed by atoms with Gasteiger partial charge in [-0.05, 0) is 35.9 Å². The molecule has 9 heteroatoms. The molecule has 0 saturated heterocycles. The zero-order valence-corrected chi connectivity index (χ0v) is 15.2. The lowest BCUT2D eigenvalue weighted by atomic mass is 10.1. The van der Waals surface area contributed by atoms with Crippen LogP contribution in [-0.2, 0) is 13.2 Å². The number of nitrogens with two attached hydrogens (primary N) is 2. The Kier molecular flexibility index (Phi) is 9.51. The third-order valence-corrected chi connectivity index (χ3v) is 3.37. The Hall–Kier alpha value is -2.35. The van der Waals surface area contributed by atoms with Gasteiger partial charge in [0.2, 0.25) is 0 Å². The van der Waals surface area contributed by atoms with Gasteiger partial charge >= 0.3 is 0 Å². The van der Waals surface area contributed by atoms with Gasteiger partial charge in [0, 0.05) is 25.2 Å². The van der Waals surface area contributed by atoms with Gasteiger partial charge in [-0.1, -0.05) is 6.07 Å². The Balaban J connectivity index is 0.00000288. The van der Waals surface area contributed by atoms with Crippen molar-refractivity contribution < 1.29 is 9.66 Å². The molecule has 0 aliphatic rings. The van der Waals surface area contributed by atoms with Gasteiger partial charge < -0.3 is 16.2 Å². The summed E-state index contributed by atoms with van der Waals surface area (Å²) in [4.78, 5) is 14.6. The normalized spacial score (nSPS) is 10.4. The van der Waals surface area contributed by atoms with Crippen molar-refractivity contribution in [1.29, 1.82) is 0 Å². The third kappa shape index (κ3) is 5.90. The third-order valence-electron chi connectivity index (χ3n) is 3.37. The smallest absolute Gasteiger partial charge is 0.276 e. The first-order valence-electron chi connectivity index (χ1n) is 6.97. The fourth-order valence-electron chi connectivity index (χ4n) is 2.04. The number of nitro groups is 1. The van der Waals surface area contributed by atoms with Crippen LogP contribution in [0.5, 0.6) is 5.75 Å². The maximum Gasteiger partial charge on any atom is 0.276 e. The van der Waals surface area contributed by atoms with Crippen LogP contribution < -0.4 is 16.2 Å². The number of ether oxygens (including phenoxy) is 1. The SMILES string of the molecule is CN=C(N)c1ccc(OCc2ccc(CN)cc2[N+](=O)[O-])cc1.Cl.Cl. The highest BCUT2D eigenvalue weighted by molar-refractivity contribution is 5.97. The van der Waals surface area contributed by atoms with Crippen molar-refractivity contribution in [2.45, 2.75) is 13.2 Å². The maximum atomic E-state index is 11.1. The first-order valence-corrected chi connectivity index (χ1v) is 6.97. The molecule has 0 atom stereocenters. The molecule has 7 nitrogen and oxygen atoms in total. The molecule has 0 heterocycles. The van der Waals surface area contributed by atoms with Crippen LogP contribution in [0, 0.1) is 10.1 Å². The summed E-state index contributed by atoms with van der Waals surface area (Å²) in [6.45, 7) is 0.349. The van der Waals surface area contributed by atoms with Crippen LogP contribution in [0.3, 0.4) is 0 Å². The van der Waals surface area contributed by atoms with E-state index in [4.69, 9.17) is 16.2 Å². The van der Waals surface area contributed by atoms with Crippen molar-refractivity contribution in [1.82, 2.24) is 0 Å². The monoisotopic (exact) mass is 386 g/mol. The Morgan fingerprint density at radius 1 is 1.20 bits per heavy atom. The molecular weight excluding hydrogens is 367 g/mol. The van der Waals surface area contributed by atoms with Crippen LogP contribution >= 0.6 is 24.8 Å². The number of hydrogen-bond donors (Lipinski definition) is 2. The fourth-order valence-corrected chi connectivity index (χ4v) is 2.04. The molecule has 2 aromatic carbocycles. The number of aliphatic imine (C=N–C) groups is 1. The highest BCUT2D eigenvalue weighted by Gasteiger charge is 2.14. The van der Waals surface area contributed by atoms with Gasteiger partial charge in [0.05, 0.1) is 10.5 Å². The lowest BCUT2D eigenvalue weighted by Crippen LogP contribution is -2.12. The van der Waals surface area contributed by atoms with Crippen LogP contribution in [0.4, 0.5) is 5.69 Å². The van der Waals surface area contributed by atoms with E-state index in [0.717, 1.165) is 5.56 Å². The van der Waals surface area contributed by atoms with E-state index in [1.807, 2.05) is 0 Å². The molecule has 0 amide bonds. The maximum absolute atomic E-state index is 11.1. The van der Waals surface area contributed by atoms with Crippen molar-refractivity contribution in [3.05, 3.63) is 69.3 Å². The summed E-state index contributed by atoms with van der Waals surface area (Å²) in [6, 6.07) is 11.9. The number of amidine groups is 1. The quantitative estimate of drug-likeness (QED) is 0.342. The van der Waals surface area contributed by atoms with Gasteiger partial charge in [-0.15, -0.1) is 24.8 Å². The summed E-state index contributed by atoms with van der Waals surface area (Å²) in [6.07, 6.45) is 0. The van der Waals surface area contributed by atoms with E-state index in [2.05, 4.69) is 4.99 Å². The minimum atomic E-state index is -0.431. The number of hydrogen-bond acceptors (Lipinski definition) is 5. The highest BCUT2D eigenvalue weighted by Crippen LogP contribution is 2.22. The molecule has 0 aliphatic heterocycles. The van der Waals surface area contributed by atoms with E-state index in [1.54, 1.807) is 43.4 Å². The molecule has 0 spiro atoms. The van der Waals surface area contributed by atoms with Crippen molar-refractivity contribution in [2.24, 2.45) is 16.5 Å². The van der Waals surface area contributed by atoms with E-state index < -0.39 is 4.92 Å². The first kappa shape index (κ1) is 22.6. The Bertz CT molecular complexity index is 737. The minimum absolute atomic E-state index is 0. The Labute approximate surface area is 158 Å². The van der Waals surface area contributed by atoms with Gasteiger partial charge in [-0.3, -0.25) is 15.1 Å². The van der Waals surface area contributed by atoms with Gasteiger partial charge in [-0.2, -0.15) is 0 Å². The average molecular weight is 387 g/mol. The lowest BCUT2D eigenvalue weighted by Gasteiger charge is -2.08. The van der Waals surface area contributed by atoms with Crippen LogP contribution in [0.1, 0.15) is 16.7 Å². The molecule has 0 saturated carbocycles. The van der Waals surface area contributed by atoms with Crippen molar-refractivity contribution in [2.75, 3.05) is 7.05 Å². The molecule has 25 heavy (non-hydrogen) atoms. The van der Waals surface area contributed by atoms with Crippen molar-refractivity contribution >= 4 is 36.3 Å². The first-order chi connectivity index (χ1) is 11.0. The molecule has 0 unspecified atom stereocenters. The predicted molar refractivity (Wildman–Crippen MR) is 103 cm³/mol. The summed E-state index contributed by atoms with van der Waals surface area (Å²) in [7, 11) is 1.61. The van der Waals surface area contributed by atoms with E-state index in [9.17, 15) is 10.1 Å². The molecular formula is C16H20Cl2N4O3. The second kappa shape index (κ2) is 10.5. The summed E-state index contributed by atoms with van der Waals surface area (Å²) >= 11 is 0. The second-order valence-electron chi connectivity index (χ2n) is 4.85. The molecule has 4 N–H and O–H groups in total. The number of nitrogens with zero attached hydrogens (tertiary/aromatic N) is 2. The van der Waals surface area contributed by atoms with Crippen LogP contribution in [0.2, 0.25) is 0 Å². The van der Waals surface area contributed by atoms with Crippen LogP contribution in [-0.4, -0.2) is 17.8 Å². The Morgan fingerprint density at radius 3 is 2.36 bits per heavy atom. The number of rotatable bonds is 6. The minimum Gasteiger partial charge on any atom is -0.489 e. The standard InChI is InChI=1S/C16H18N4O3.2ClH/c1-19-16(18)12-4-6-14(7-5-12)23-10-13-3-2-11(9-17)8-15(13)20(21)22;;/h2-8H,9-10,17H2,1H3,(H2,18,19);2*1H. The number of benzene rings is 2. The van der Waals surface area contributed by atoms with Crippen LogP contribution in [0.25, 0.3) is 0 Å². The van der Waals surface area contributed by atoms with Gasteiger partial charge in [0.15, 0.2) is 0 Å². The molecule has 0 radical (unpaired) electrons. The molecule has 0 fully saturated rings. The zero-order chi connectivity index (χ0) is 16.8. The summed E-state index contributed by atoms with van der Waals surface area (Å²) in [5.74, 6) is 1.03. The van der Waals surface area contributed by atoms with E-state index >= 15 is 0 Å². The second-order valence-corrected chi connectivity index (χ2v) is 4.85. The Morgan fingerprint density at radius 2 is 1.84 bits per heavy atom. The molecule has 0 aromatic heterocycles. The largest absolute Gasteiger partial charge is 0.489 e. The van der Waals surface area contributed by atoms with E-state index in [1.165, 1.54) is 6.07 Å². The topological polar surface area (TPSA) is 117 Å². The molecule has 2 rings (SSSR count). The van der Waals surface area contributed by atoms with E-state index in [0.29, 0.717) is 22.7 Å². The van der Waals surface area contributed by atoms with Gasteiger partial charge in [-0.25, -0.2) is 0 Å². The molecule has 136 valence electrons. The number of nitro benzene ring substituents is 1. The van der Waals surface area contributed by atoms with Crippen LogP contribution in [0.15, 0.2) is 47.5 Å². The molecule has 0 bridgehead atoms. The lowest BCUT2D eigenvalue weighted by molar-refractivity contribution is -0.385. The van der Waals surface area contributed by atoms with Gasteiger partial charge in [0.1, 0.15) is 18.2 Å². The van der Waals surface area contributed by atoms with Crippen molar-refractivity contribution in [3.63, 3.8) is 0 Å². The summed E-state index contributed by atoms with van der Waals surface area (Å²) in [5, 5.41) is 11.1. The number of halogens is 2. The summed E-state index contributed by atoms with van der Waals surface area (Å²) in [5.41, 5.74) is 13.2. The zero-order valence-electron chi connectivity index (χ0n) is 13.5. The highest BCUT2D eigenvalue weighted by atomic mass is 35.5. The summed E-state index contributed by atoms with van der Waals surface area (Å²) < 4.78 is 5.61. The average Bonchev–Trinajstić information content (AvgIpc) is 2.59. The van der Waals surface area contributed by atoms with Gasteiger partial charge in [0.25, 0.3) is 5.69 Å². The predicted octanol–water partition coefficient (Wildman–Crippen LogP) is 2.81. The van der Waals surface area contributed by atoms with E-state index in [-0.39, 0.29) is 43.7 Å². The molecule has 0 aliphatic carbocycles.